The second kappa shape index (κ2) is 8.85. The topological polar surface area (TPSA) is 105 Å². The van der Waals surface area contributed by atoms with Crippen molar-refractivity contribution in [3.8, 4) is 0 Å². The molecule has 1 aromatic carbocycles. The molecule has 4 amide bonds. The molecule has 8 heteroatoms. The highest BCUT2D eigenvalue weighted by Crippen LogP contribution is 2.35. The molecule has 2 fully saturated rings. The molecule has 0 bridgehead atoms. The average Bonchev–Trinajstić information content (AvgIpc) is 3.23. The first-order chi connectivity index (χ1) is 14.2. The molecule has 2 N–H and O–H groups in total. The lowest BCUT2D eigenvalue weighted by atomic mass is 9.98. The van der Waals surface area contributed by atoms with Gasteiger partial charge in [0.1, 0.15) is 5.54 Å². The molecular weight excluding hydrogens is 386 g/mol. The number of rotatable bonds is 7. The molecule has 0 unspecified atom stereocenters. The highest BCUT2D eigenvalue weighted by Gasteiger charge is 2.52. The molecule has 162 valence electrons. The fourth-order valence-corrected chi connectivity index (χ4v) is 4.35. The van der Waals surface area contributed by atoms with Crippen LogP contribution in [0.25, 0.3) is 0 Å². The van der Waals surface area contributed by atoms with Crippen molar-refractivity contribution in [1.82, 2.24) is 10.2 Å². The van der Waals surface area contributed by atoms with Crippen LogP contribution in [0.2, 0.25) is 0 Å². The van der Waals surface area contributed by atoms with Crippen LogP contribution in [0, 0.1) is 20.8 Å². The van der Waals surface area contributed by atoms with E-state index in [2.05, 4.69) is 10.6 Å². The van der Waals surface area contributed by atoms with E-state index in [-0.39, 0.29) is 25.5 Å². The van der Waals surface area contributed by atoms with E-state index in [9.17, 15) is 19.2 Å². The fourth-order valence-electron chi connectivity index (χ4n) is 4.35. The quantitative estimate of drug-likeness (QED) is 0.526. The van der Waals surface area contributed by atoms with Crippen LogP contribution in [-0.2, 0) is 19.1 Å². The number of anilines is 1. The number of benzene rings is 1. The van der Waals surface area contributed by atoms with Gasteiger partial charge in [0, 0.05) is 18.7 Å². The van der Waals surface area contributed by atoms with Crippen LogP contribution in [0.3, 0.4) is 0 Å². The molecule has 30 heavy (non-hydrogen) atoms. The molecular formula is C22H29N3O5. The Kier molecular flexibility index (Phi) is 6.43. The monoisotopic (exact) mass is 415 g/mol. The number of nitrogens with one attached hydrogen (secondary N) is 2. The van der Waals surface area contributed by atoms with Crippen molar-refractivity contribution in [1.29, 1.82) is 0 Å². The predicted octanol–water partition coefficient (Wildman–Crippen LogP) is 2.74. The van der Waals surface area contributed by atoms with Crippen LogP contribution in [0.4, 0.5) is 10.5 Å². The summed E-state index contributed by atoms with van der Waals surface area (Å²) in [4.78, 5) is 49.9. The van der Waals surface area contributed by atoms with E-state index in [4.69, 9.17) is 4.74 Å². The van der Waals surface area contributed by atoms with Crippen molar-refractivity contribution in [2.75, 3.05) is 18.5 Å². The Morgan fingerprint density at radius 3 is 2.40 bits per heavy atom. The van der Waals surface area contributed by atoms with Gasteiger partial charge in [-0.2, -0.15) is 0 Å². The van der Waals surface area contributed by atoms with Gasteiger partial charge in [0.2, 0.25) is 0 Å². The number of amides is 4. The summed E-state index contributed by atoms with van der Waals surface area (Å²) in [6, 6.07) is 3.55. The Bertz CT molecular complexity index is 851. The van der Waals surface area contributed by atoms with E-state index in [1.54, 1.807) is 0 Å². The Balaban J connectivity index is 1.41. The normalized spacial score (nSPS) is 17.4. The van der Waals surface area contributed by atoms with Gasteiger partial charge in [0.05, 0.1) is 0 Å². The summed E-state index contributed by atoms with van der Waals surface area (Å²) < 4.78 is 5.04. The predicted molar refractivity (Wildman–Crippen MR) is 111 cm³/mol. The number of ether oxygens (including phenoxy) is 1. The number of urea groups is 1. The van der Waals surface area contributed by atoms with Gasteiger partial charge >= 0.3 is 12.0 Å². The summed E-state index contributed by atoms with van der Waals surface area (Å²) in [6.07, 6.45) is 3.52. The second-order valence-corrected chi connectivity index (χ2v) is 8.26. The molecule has 1 spiro atoms. The van der Waals surface area contributed by atoms with E-state index < -0.39 is 23.4 Å². The van der Waals surface area contributed by atoms with Crippen molar-refractivity contribution in [2.24, 2.45) is 0 Å². The number of esters is 1. The first kappa shape index (κ1) is 21.8. The second-order valence-electron chi connectivity index (χ2n) is 8.26. The van der Waals surface area contributed by atoms with Gasteiger partial charge in [0.25, 0.3) is 11.8 Å². The number of carbonyl (C=O) groups excluding carboxylic acids is 4. The average molecular weight is 415 g/mol. The molecule has 0 radical (unpaired) electrons. The van der Waals surface area contributed by atoms with Crippen LogP contribution in [0.5, 0.6) is 0 Å². The van der Waals surface area contributed by atoms with Gasteiger partial charge in [-0.1, -0.05) is 30.5 Å². The molecule has 1 heterocycles. The number of imide groups is 1. The fraction of sp³-hybridized carbons (Fsp3) is 0.545. The third-order valence-corrected chi connectivity index (χ3v) is 5.77. The molecule has 0 aromatic heterocycles. The van der Waals surface area contributed by atoms with E-state index >= 15 is 0 Å². The molecule has 1 saturated heterocycles. The number of hydrogen-bond donors (Lipinski definition) is 2. The number of carbonyl (C=O) groups is 4. The van der Waals surface area contributed by atoms with Crippen molar-refractivity contribution in [3.63, 3.8) is 0 Å². The maximum Gasteiger partial charge on any atom is 0.325 e. The first-order valence-electron chi connectivity index (χ1n) is 10.4. The Hall–Kier alpha value is -2.90. The maximum atomic E-state index is 12.6. The van der Waals surface area contributed by atoms with E-state index in [0.717, 1.165) is 35.2 Å². The van der Waals surface area contributed by atoms with E-state index in [1.165, 1.54) is 4.90 Å². The zero-order chi connectivity index (χ0) is 21.9. The van der Waals surface area contributed by atoms with E-state index in [1.807, 2.05) is 32.9 Å². The summed E-state index contributed by atoms with van der Waals surface area (Å²) in [5, 5.41) is 5.59. The van der Waals surface area contributed by atoms with Crippen LogP contribution in [0.15, 0.2) is 12.1 Å². The first-order valence-corrected chi connectivity index (χ1v) is 10.4. The minimum Gasteiger partial charge on any atom is -0.456 e. The van der Waals surface area contributed by atoms with Crippen molar-refractivity contribution < 1.29 is 23.9 Å². The maximum absolute atomic E-state index is 12.6. The van der Waals surface area contributed by atoms with Crippen LogP contribution in [-0.4, -0.2) is 47.4 Å². The van der Waals surface area contributed by atoms with Gasteiger partial charge in [-0.05, 0) is 51.2 Å². The molecule has 1 saturated carbocycles. The van der Waals surface area contributed by atoms with Gasteiger partial charge in [0.15, 0.2) is 6.61 Å². The number of nitrogens with zero attached hydrogens (tertiary/aromatic N) is 1. The Morgan fingerprint density at radius 2 is 1.77 bits per heavy atom. The number of hydrogen-bond acceptors (Lipinski definition) is 5. The largest absolute Gasteiger partial charge is 0.456 e. The minimum absolute atomic E-state index is 0.0277. The van der Waals surface area contributed by atoms with Crippen LogP contribution in [0.1, 0.15) is 55.2 Å². The summed E-state index contributed by atoms with van der Waals surface area (Å²) in [5.41, 5.74) is 2.99. The molecule has 1 aromatic rings. The Labute approximate surface area is 176 Å². The molecule has 0 atom stereocenters. The van der Waals surface area contributed by atoms with Crippen molar-refractivity contribution in [2.45, 2.75) is 64.8 Å². The SMILES string of the molecule is Cc1cc(C)c(NC(=O)COC(=O)CCCN2C(=O)NC3(CCCC3)C2=O)c(C)c1. The van der Waals surface area contributed by atoms with Gasteiger partial charge < -0.3 is 15.4 Å². The lowest BCUT2D eigenvalue weighted by molar-refractivity contribution is -0.147. The lowest BCUT2D eigenvalue weighted by Gasteiger charge is -2.19. The summed E-state index contributed by atoms with van der Waals surface area (Å²) in [6.45, 7) is 5.59. The highest BCUT2D eigenvalue weighted by molar-refractivity contribution is 6.07. The third-order valence-electron chi connectivity index (χ3n) is 5.77. The van der Waals surface area contributed by atoms with Gasteiger partial charge in [-0.15, -0.1) is 0 Å². The highest BCUT2D eigenvalue weighted by atomic mass is 16.5. The standard InChI is InChI=1S/C22H29N3O5/c1-14-11-15(2)19(16(3)12-14)23-17(26)13-30-18(27)7-6-10-25-20(28)22(24-21(25)29)8-4-5-9-22/h11-12H,4-10,13H2,1-3H3,(H,23,26)(H,24,29). The van der Waals surface area contributed by atoms with Crippen molar-refractivity contribution in [3.05, 3.63) is 28.8 Å². The summed E-state index contributed by atoms with van der Waals surface area (Å²) >= 11 is 0. The summed E-state index contributed by atoms with van der Waals surface area (Å²) in [5.74, 6) is -1.14. The molecule has 1 aliphatic heterocycles. The zero-order valence-electron chi connectivity index (χ0n) is 17.8. The Morgan fingerprint density at radius 1 is 1.13 bits per heavy atom. The van der Waals surface area contributed by atoms with Crippen LogP contribution < -0.4 is 10.6 Å². The molecule has 1 aliphatic carbocycles. The van der Waals surface area contributed by atoms with Crippen LogP contribution >= 0.6 is 0 Å². The zero-order valence-corrected chi connectivity index (χ0v) is 17.8. The third kappa shape index (κ3) is 4.63. The number of aryl methyl sites for hydroxylation is 3. The molecule has 2 aliphatic rings. The van der Waals surface area contributed by atoms with E-state index in [0.29, 0.717) is 19.3 Å². The minimum atomic E-state index is -0.734. The lowest BCUT2D eigenvalue weighted by Crippen LogP contribution is -2.44. The molecule has 8 nitrogen and oxygen atoms in total. The van der Waals surface area contributed by atoms with Crippen molar-refractivity contribution >= 4 is 29.5 Å². The smallest absolute Gasteiger partial charge is 0.325 e. The summed E-state index contributed by atoms with van der Waals surface area (Å²) in [7, 11) is 0. The van der Waals surface area contributed by atoms with Gasteiger partial charge in [-0.3, -0.25) is 19.3 Å². The van der Waals surface area contributed by atoms with Gasteiger partial charge in [-0.25, -0.2) is 4.79 Å². The molecule has 3 rings (SSSR count).